The number of hydrogen-bond acceptors (Lipinski definition) is 7. The van der Waals surface area contributed by atoms with Gasteiger partial charge in [0.1, 0.15) is 22.8 Å². The van der Waals surface area contributed by atoms with Gasteiger partial charge in [-0.1, -0.05) is 24.3 Å². The Hall–Kier alpha value is -4.00. The van der Waals surface area contributed by atoms with E-state index in [1.165, 1.54) is 0 Å². The zero-order valence-corrected chi connectivity index (χ0v) is 20.7. The van der Waals surface area contributed by atoms with E-state index in [2.05, 4.69) is 4.98 Å². The van der Waals surface area contributed by atoms with Crippen molar-refractivity contribution in [3.8, 4) is 11.5 Å². The molecule has 0 unspecified atom stereocenters. The maximum Gasteiger partial charge on any atom is 0.342 e. The average Bonchev–Trinajstić information content (AvgIpc) is 2.87. The van der Waals surface area contributed by atoms with E-state index in [0.717, 1.165) is 16.5 Å². The van der Waals surface area contributed by atoms with Gasteiger partial charge < -0.3 is 14.6 Å². The molecule has 2 atom stereocenters. The van der Waals surface area contributed by atoms with Crippen molar-refractivity contribution < 1.29 is 29.0 Å². The van der Waals surface area contributed by atoms with Crippen LogP contribution in [-0.2, 0) is 14.3 Å². The molecule has 0 spiro atoms. The number of esters is 2. The lowest BCUT2D eigenvalue weighted by atomic mass is 9.83. The molecule has 2 aromatic carbocycles. The molecule has 7 nitrogen and oxygen atoms in total. The van der Waals surface area contributed by atoms with E-state index in [0.29, 0.717) is 49.7 Å². The van der Waals surface area contributed by atoms with Crippen molar-refractivity contribution in [3.05, 3.63) is 70.9 Å². The zero-order valence-electron chi connectivity index (χ0n) is 20.7. The van der Waals surface area contributed by atoms with Crippen LogP contribution in [0.2, 0.25) is 0 Å². The van der Waals surface area contributed by atoms with Crippen LogP contribution in [0.5, 0.6) is 11.5 Å². The van der Waals surface area contributed by atoms with Crippen molar-refractivity contribution in [2.75, 3.05) is 0 Å². The van der Waals surface area contributed by atoms with Crippen molar-refractivity contribution in [1.29, 1.82) is 0 Å². The summed E-state index contributed by atoms with van der Waals surface area (Å²) in [6.45, 7) is 1.78. The fourth-order valence-corrected chi connectivity index (χ4v) is 5.11. The molecule has 0 saturated carbocycles. The number of rotatable bonds is 1. The van der Waals surface area contributed by atoms with Gasteiger partial charge in [-0.3, -0.25) is 14.6 Å². The largest absolute Gasteiger partial charge is 0.507 e. The first-order valence-electron chi connectivity index (χ1n) is 12.7. The third-order valence-corrected chi connectivity index (χ3v) is 7.01. The second-order valence-corrected chi connectivity index (χ2v) is 9.73. The molecule has 0 amide bonds. The summed E-state index contributed by atoms with van der Waals surface area (Å²) in [6, 6.07) is 11.1. The minimum atomic E-state index is -0.644. The predicted octanol–water partition coefficient (Wildman–Crippen LogP) is 5.86. The fourth-order valence-electron chi connectivity index (χ4n) is 5.11. The molecule has 2 aliphatic heterocycles. The summed E-state index contributed by atoms with van der Waals surface area (Å²) in [7, 11) is 0. The van der Waals surface area contributed by atoms with Gasteiger partial charge in [0.2, 0.25) is 0 Å². The van der Waals surface area contributed by atoms with Crippen LogP contribution >= 0.6 is 0 Å². The van der Waals surface area contributed by atoms with Crippen LogP contribution in [0.3, 0.4) is 0 Å². The molecule has 0 bridgehead atoms. The molecular formula is C30H29NO6. The Balaban J connectivity index is 1.61. The van der Waals surface area contributed by atoms with Crippen LogP contribution in [0, 0.1) is 0 Å². The number of aromatic hydroxyl groups is 1. The van der Waals surface area contributed by atoms with E-state index < -0.39 is 24.0 Å². The van der Waals surface area contributed by atoms with Gasteiger partial charge in [0, 0.05) is 35.9 Å². The van der Waals surface area contributed by atoms with Gasteiger partial charge in [0.15, 0.2) is 0 Å². The summed E-state index contributed by atoms with van der Waals surface area (Å²) >= 11 is 0. The van der Waals surface area contributed by atoms with Crippen molar-refractivity contribution in [3.63, 3.8) is 0 Å². The topological polar surface area (TPSA) is 103 Å². The second kappa shape index (κ2) is 10.5. The Morgan fingerprint density at radius 2 is 1.89 bits per heavy atom. The quantitative estimate of drug-likeness (QED) is 0.330. The molecular weight excluding hydrogens is 470 g/mol. The molecule has 0 fully saturated rings. The normalized spacial score (nSPS) is 21.8. The van der Waals surface area contributed by atoms with E-state index in [1.807, 2.05) is 36.4 Å². The lowest BCUT2D eigenvalue weighted by Crippen LogP contribution is -2.23. The summed E-state index contributed by atoms with van der Waals surface area (Å²) < 4.78 is 11.2. The number of aromatic nitrogens is 1. The highest BCUT2D eigenvalue weighted by Gasteiger charge is 2.35. The highest BCUT2D eigenvalue weighted by Crippen LogP contribution is 2.47. The number of pyridine rings is 1. The summed E-state index contributed by atoms with van der Waals surface area (Å²) in [4.78, 5) is 42.4. The van der Waals surface area contributed by atoms with Crippen LogP contribution < -0.4 is 4.74 Å². The number of carbonyl (C=O) groups is 3. The first kappa shape index (κ1) is 24.7. The molecule has 3 heterocycles. The first-order valence-corrected chi connectivity index (χ1v) is 12.7. The average molecular weight is 500 g/mol. The lowest BCUT2D eigenvalue weighted by molar-refractivity contribution is -0.135. The van der Waals surface area contributed by atoms with Crippen LogP contribution in [0.15, 0.2) is 48.7 Å². The Kier molecular flexibility index (Phi) is 7.04. The number of fused-ring (bicyclic) bond motifs is 3. The van der Waals surface area contributed by atoms with Crippen molar-refractivity contribution >= 4 is 34.7 Å². The number of nitrogens with zero attached hydrogens (tertiary/aromatic N) is 1. The monoisotopic (exact) mass is 499 g/mol. The highest BCUT2D eigenvalue weighted by molar-refractivity contribution is 5.98. The van der Waals surface area contributed by atoms with Gasteiger partial charge in [0.05, 0.1) is 18.0 Å². The standard InChI is InChI=1S/C30H29NO6/c1-18-7-5-11-22(32)10-4-2-3-8-21-16-25-28(29(34)27(21)30(35)36-18)23(17-26(33)37-25)19-12-13-24-20(15-19)9-6-14-31-24/h3,6,8-9,12-16,18,23,34H,2,4-5,7,10-11,17H2,1H3/b8-3+/t18-,23-/m1/s1. The van der Waals surface area contributed by atoms with Gasteiger partial charge in [0.25, 0.3) is 0 Å². The second-order valence-electron chi connectivity index (χ2n) is 9.73. The number of ether oxygens (including phenoxy) is 2. The van der Waals surface area contributed by atoms with Crippen molar-refractivity contribution in [1.82, 2.24) is 4.98 Å². The molecule has 1 N–H and O–H groups in total. The van der Waals surface area contributed by atoms with E-state index >= 15 is 0 Å². The Morgan fingerprint density at radius 3 is 2.76 bits per heavy atom. The minimum absolute atomic E-state index is 0.0282. The zero-order chi connectivity index (χ0) is 25.9. The van der Waals surface area contributed by atoms with E-state index in [4.69, 9.17) is 9.47 Å². The maximum absolute atomic E-state index is 13.3. The van der Waals surface area contributed by atoms with Crippen LogP contribution in [-0.4, -0.2) is 33.9 Å². The number of hydrogen-bond donors (Lipinski definition) is 1. The van der Waals surface area contributed by atoms with Crippen molar-refractivity contribution in [2.24, 2.45) is 0 Å². The van der Waals surface area contributed by atoms with Gasteiger partial charge in [-0.05, 0) is 68.0 Å². The van der Waals surface area contributed by atoms with Gasteiger partial charge in [-0.25, -0.2) is 4.79 Å². The number of phenolic OH excluding ortho intramolecular Hbond substituents is 1. The van der Waals surface area contributed by atoms with Gasteiger partial charge in [-0.15, -0.1) is 0 Å². The molecule has 190 valence electrons. The molecule has 1 aromatic heterocycles. The molecule has 2 aliphatic rings. The lowest BCUT2D eigenvalue weighted by Gasteiger charge is -2.28. The van der Waals surface area contributed by atoms with Crippen molar-refractivity contribution in [2.45, 2.75) is 63.9 Å². The molecule has 5 rings (SSSR count). The summed E-state index contributed by atoms with van der Waals surface area (Å²) in [5, 5.41) is 12.4. The fraction of sp³-hybridized carbons (Fsp3) is 0.333. The van der Waals surface area contributed by atoms with E-state index in [-0.39, 0.29) is 29.3 Å². The summed E-state index contributed by atoms with van der Waals surface area (Å²) in [6.07, 6.45) is 8.41. The van der Waals surface area contributed by atoms with E-state index in [9.17, 15) is 19.5 Å². The van der Waals surface area contributed by atoms with Crippen LogP contribution in [0.1, 0.15) is 84.8 Å². The molecule has 7 heteroatoms. The number of ketones is 1. The Labute approximate surface area is 215 Å². The Morgan fingerprint density at radius 1 is 1.05 bits per heavy atom. The minimum Gasteiger partial charge on any atom is -0.507 e. The number of allylic oxidation sites excluding steroid dienone is 1. The maximum atomic E-state index is 13.3. The molecule has 37 heavy (non-hydrogen) atoms. The molecule has 3 aromatic rings. The van der Waals surface area contributed by atoms with Crippen LogP contribution in [0.25, 0.3) is 17.0 Å². The summed E-state index contributed by atoms with van der Waals surface area (Å²) in [5.41, 5.74) is 2.50. The molecule has 0 radical (unpaired) electrons. The summed E-state index contributed by atoms with van der Waals surface area (Å²) in [5.74, 6) is -1.36. The number of benzene rings is 2. The number of cyclic esters (lactones) is 1. The number of carbonyl (C=O) groups excluding carboxylic acids is 3. The van der Waals surface area contributed by atoms with Crippen LogP contribution in [0.4, 0.5) is 0 Å². The number of Topliss-reactive ketones (excluding diaryl/α,β-unsaturated/α-hetero) is 1. The molecule has 0 saturated heterocycles. The number of phenols is 1. The predicted molar refractivity (Wildman–Crippen MR) is 139 cm³/mol. The molecule has 0 aliphatic carbocycles. The van der Waals surface area contributed by atoms with Gasteiger partial charge in [-0.2, -0.15) is 0 Å². The van der Waals surface area contributed by atoms with E-state index in [1.54, 1.807) is 25.3 Å². The Bertz CT molecular complexity index is 1410. The third-order valence-electron chi connectivity index (χ3n) is 7.01. The first-order chi connectivity index (χ1) is 17.9. The highest BCUT2D eigenvalue weighted by atomic mass is 16.5. The smallest absolute Gasteiger partial charge is 0.342 e. The third kappa shape index (κ3) is 5.26. The SMILES string of the molecule is C[C@@H]1CCCC(=O)CCC/C=C/c2cc3c(c(O)c2C(=O)O1)[C@@H](c1ccc2ncccc2c1)CC(=O)O3. The van der Waals surface area contributed by atoms with Gasteiger partial charge >= 0.3 is 11.9 Å².